The Morgan fingerprint density at radius 3 is 2.57 bits per heavy atom. The van der Waals surface area contributed by atoms with Crippen LogP contribution in [0, 0.1) is 11.3 Å². The van der Waals surface area contributed by atoms with E-state index >= 15 is 0 Å². The van der Waals surface area contributed by atoms with Crippen molar-refractivity contribution in [2.24, 2.45) is 11.3 Å². The van der Waals surface area contributed by atoms with Crippen molar-refractivity contribution in [2.45, 2.75) is 58.9 Å². The summed E-state index contributed by atoms with van der Waals surface area (Å²) in [6.45, 7) is 12.4. The molecule has 10 heteroatoms. The Bertz CT molecular complexity index is 1200. The number of furan rings is 1. The third kappa shape index (κ3) is 7.63. The van der Waals surface area contributed by atoms with E-state index in [1.165, 1.54) is 10.6 Å². The summed E-state index contributed by atoms with van der Waals surface area (Å²) in [5, 5.41) is 4.83. The largest absolute Gasteiger partial charge is 0.464 e. The van der Waals surface area contributed by atoms with Gasteiger partial charge in [-0.15, -0.1) is 0 Å². The number of hydrogen-bond donors (Lipinski definition) is 0. The lowest BCUT2D eigenvalue weighted by Gasteiger charge is -2.29. The Kier molecular flexibility index (Phi) is 8.71. The number of benzene rings is 1. The molecule has 0 aliphatic rings. The summed E-state index contributed by atoms with van der Waals surface area (Å²) in [5.41, 5.74) is 0.533. The van der Waals surface area contributed by atoms with E-state index in [-0.39, 0.29) is 29.3 Å². The normalized spacial score (nSPS) is 12.7. The number of nitrogens with zero attached hydrogens (tertiary/aromatic N) is 5. The van der Waals surface area contributed by atoms with Crippen LogP contribution in [-0.2, 0) is 21.4 Å². The molecule has 0 aliphatic carbocycles. The standard InChI is InChI=1S/C25H37N5O4S/c1-20(2)17-28(24(31)16-25(3,4)5)10-6-11-30(13-12-29-19-26-18-27-29)35(32,33)22-7-8-23-21(15-22)9-14-34-23/h7-9,14-15,18-20H,6,10-13,16-17H2,1-5H3. The Labute approximate surface area is 208 Å². The maximum atomic E-state index is 13.6. The van der Waals surface area contributed by atoms with Gasteiger partial charge >= 0.3 is 0 Å². The first kappa shape index (κ1) is 26.9. The molecule has 2 aromatic heterocycles. The number of amides is 1. The van der Waals surface area contributed by atoms with E-state index in [1.807, 2.05) is 25.7 Å². The molecule has 0 aliphatic heterocycles. The molecule has 0 saturated carbocycles. The van der Waals surface area contributed by atoms with E-state index in [2.05, 4.69) is 23.9 Å². The number of rotatable bonds is 12. The van der Waals surface area contributed by atoms with Gasteiger partial charge in [0, 0.05) is 38.0 Å². The van der Waals surface area contributed by atoms with Gasteiger partial charge < -0.3 is 9.32 Å². The van der Waals surface area contributed by atoms with Gasteiger partial charge in [0.1, 0.15) is 18.2 Å². The summed E-state index contributed by atoms with van der Waals surface area (Å²) in [5.74, 6) is 0.432. The molecule has 0 saturated heterocycles. The SMILES string of the molecule is CC(C)CN(CCCN(CCn1cncn1)S(=O)(=O)c1ccc2occc2c1)C(=O)CC(C)(C)C. The van der Waals surface area contributed by atoms with Crippen molar-refractivity contribution in [2.75, 3.05) is 26.2 Å². The zero-order chi connectivity index (χ0) is 25.6. The monoisotopic (exact) mass is 503 g/mol. The molecule has 0 N–H and O–H groups in total. The van der Waals surface area contributed by atoms with Crippen LogP contribution in [0.4, 0.5) is 0 Å². The van der Waals surface area contributed by atoms with Crippen molar-refractivity contribution in [3.05, 3.63) is 43.2 Å². The van der Waals surface area contributed by atoms with Crippen LogP contribution in [0.3, 0.4) is 0 Å². The Morgan fingerprint density at radius 2 is 1.91 bits per heavy atom. The molecule has 35 heavy (non-hydrogen) atoms. The fraction of sp³-hybridized carbons (Fsp3) is 0.560. The zero-order valence-corrected chi connectivity index (χ0v) is 22.2. The first-order valence-corrected chi connectivity index (χ1v) is 13.5. The van der Waals surface area contributed by atoms with Crippen LogP contribution in [0.5, 0.6) is 0 Å². The van der Waals surface area contributed by atoms with Crippen LogP contribution >= 0.6 is 0 Å². The first-order valence-electron chi connectivity index (χ1n) is 12.0. The van der Waals surface area contributed by atoms with Gasteiger partial charge in [0.05, 0.1) is 17.7 Å². The summed E-state index contributed by atoms with van der Waals surface area (Å²) < 4.78 is 35.6. The molecule has 1 amide bonds. The van der Waals surface area contributed by atoms with Crippen LogP contribution in [0.15, 0.2) is 52.5 Å². The molecule has 0 atom stereocenters. The Hall–Kier alpha value is -2.72. The molecule has 2 heterocycles. The number of fused-ring (bicyclic) bond motifs is 1. The number of carbonyl (C=O) groups excluding carboxylic acids is 1. The van der Waals surface area contributed by atoms with Crippen molar-refractivity contribution < 1.29 is 17.6 Å². The molecule has 3 aromatic rings. The van der Waals surface area contributed by atoms with Crippen molar-refractivity contribution >= 4 is 26.9 Å². The van der Waals surface area contributed by atoms with Crippen LogP contribution < -0.4 is 0 Å². The number of aromatic nitrogens is 3. The highest BCUT2D eigenvalue weighted by molar-refractivity contribution is 7.89. The summed E-state index contributed by atoms with van der Waals surface area (Å²) >= 11 is 0. The van der Waals surface area contributed by atoms with E-state index in [0.717, 1.165) is 5.39 Å². The lowest BCUT2D eigenvalue weighted by molar-refractivity contribution is -0.133. The zero-order valence-electron chi connectivity index (χ0n) is 21.3. The molecular formula is C25H37N5O4S. The van der Waals surface area contributed by atoms with Crippen LogP contribution in [0.25, 0.3) is 11.0 Å². The second-order valence-corrected chi connectivity index (χ2v) is 12.4. The lowest BCUT2D eigenvalue weighted by atomic mass is 9.91. The minimum absolute atomic E-state index is 0.105. The molecular weight excluding hydrogens is 466 g/mol. The summed E-state index contributed by atoms with van der Waals surface area (Å²) in [7, 11) is -3.77. The minimum Gasteiger partial charge on any atom is -0.464 e. The molecule has 1 aromatic carbocycles. The van der Waals surface area contributed by atoms with Gasteiger partial charge in [-0.3, -0.25) is 9.48 Å². The summed E-state index contributed by atoms with van der Waals surface area (Å²) in [6, 6.07) is 6.63. The molecule has 0 unspecified atom stereocenters. The number of carbonyl (C=O) groups is 1. The van der Waals surface area contributed by atoms with E-state index in [9.17, 15) is 13.2 Å². The van der Waals surface area contributed by atoms with Crippen molar-refractivity contribution in [1.29, 1.82) is 0 Å². The molecule has 0 spiro atoms. The van der Waals surface area contributed by atoms with Gasteiger partial charge in [-0.25, -0.2) is 13.4 Å². The fourth-order valence-corrected chi connectivity index (χ4v) is 5.44. The molecule has 3 rings (SSSR count). The van der Waals surface area contributed by atoms with Gasteiger partial charge in [-0.1, -0.05) is 34.6 Å². The minimum atomic E-state index is -3.77. The van der Waals surface area contributed by atoms with E-state index < -0.39 is 10.0 Å². The fourth-order valence-electron chi connectivity index (χ4n) is 3.93. The van der Waals surface area contributed by atoms with Crippen molar-refractivity contribution in [3.63, 3.8) is 0 Å². The summed E-state index contributed by atoms with van der Waals surface area (Å²) in [6.07, 6.45) is 5.53. The molecule has 0 bridgehead atoms. The summed E-state index contributed by atoms with van der Waals surface area (Å²) in [4.78, 5) is 19.0. The van der Waals surface area contributed by atoms with Crippen LogP contribution in [0.1, 0.15) is 47.5 Å². The smallest absolute Gasteiger partial charge is 0.243 e. The van der Waals surface area contributed by atoms with Crippen LogP contribution in [0.2, 0.25) is 0 Å². The average Bonchev–Trinajstić information content (AvgIpc) is 3.44. The van der Waals surface area contributed by atoms with Gasteiger partial charge in [-0.2, -0.15) is 9.40 Å². The predicted molar refractivity (Wildman–Crippen MR) is 135 cm³/mol. The second kappa shape index (κ2) is 11.3. The third-order valence-electron chi connectivity index (χ3n) is 5.56. The van der Waals surface area contributed by atoms with Crippen LogP contribution in [-0.4, -0.2) is 64.5 Å². The van der Waals surface area contributed by atoms with Crippen molar-refractivity contribution in [1.82, 2.24) is 24.0 Å². The van der Waals surface area contributed by atoms with Gasteiger partial charge in [0.2, 0.25) is 15.9 Å². The highest BCUT2D eigenvalue weighted by Crippen LogP contribution is 2.24. The Balaban J connectivity index is 1.76. The van der Waals surface area contributed by atoms with Gasteiger partial charge in [0.25, 0.3) is 0 Å². The third-order valence-corrected chi connectivity index (χ3v) is 7.46. The molecule has 9 nitrogen and oxygen atoms in total. The second-order valence-electron chi connectivity index (χ2n) is 10.5. The topological polar surface area (TPSA) is 102 Å². The molecule has 0 fully saturated rings. The van der Waals surface area contributed by atoms with Gasteiger partial charge in [0.15, 0.2) is 0 Å². The first-order chi connectivity index (χ1) is 16.5. The Morgan fingerprint density at radius 1 is 1.14 bits per heavy atom. The molecule has 0 radical (unpaired) electrons. The maximum absolute atomic E-state index is 13.6. The highest BCUT2D eigenvalue weighted by atomic mass is 32.2. The number of sulfonamides is 1. The average molecular weight is 504 g/mol. The van der Waals surface area contributed by atoms with E-state index in [0.29, 0.717) is 44.0 Å². The lowest BCUT2D eigenvalue weighted by Crippen LogP contribution is -2.40. The van der Waals surface area contributed by atoms with Gasteiger partial charge in [-0.05, 0) is 42.0 Å². The van der Waals surface area contributed by atoms with Crippen molar-refractivity contribution in [3.8, 4) is 0 Å². The van der Waals surface area contributed by atoms with E-state index in [4.69, 9.17) is 4.42 Å². The predicted octanol–water partition coefficient (Wildman–Crippen LogP) is 4.03. The highest BCUT2D eigenvalue weighted by Gasteiger charge is 2.26. The van der Waals surface area contributed by atoms with E-state index in [1.54, 1.807) is 41.5 Å². The maximum Gasteiger partial charge on any atom is 0.243 e. The quantitative estimate of drug-likeness (QED) is 0.370. The molecule has 192 valence electrons. The number of hydrogen-bond acceptors (Lipinski definition) is 6.